The first kappa shape index (κ1) is 82.4. The molecule has 0 bridgehead atoms. The molecule has 556 valence electrons. The molecule has 0 aliphatic carbocycles. The summed E-state index contributed by atoms with van der Waals surface area (Å²) >= 11 is 0. The van der Waals surface area contributed by atoms with Gasteiger partial charge in [-0.3, -0.25) is 38.4 Å². The number of aromatic nitrogens is 6. The van der Waals surface area contributed by atoms with Gasteiger partial charge in [0, 0.05) is 120 Å². The molecule has 2 fully saturated rings. The Balaban J connectivity index is 1.66. The predicted molar refractivity (Wildman–Crippen MR) is 339 cm³/mol. The van der Waals surface area contributed by atoms with Gasteiger partial charge in [-0.15, -0.1) is 10.2 Å². The summed E-state index contributed by atoms with van der Waals surface area (Å²) in [6.07, 6.45) is -17.3. The van der Waals surface area contributed by atoms with Crippen molar-refractivity contribution in [1.82, 2.24) is 60.2 Å². The number of hydrogen-bond donors (Lipinski definition) is 2. The molecule has 2 aliphatic rings. The Bertz CT molecular complexity index is 3130. The Morgan fingerprint density at radius 3 is 1.01 bits per heavy atom. The lowest BCUT2D eigenvalue weighted by Gasteiger charge is -2.48. The quantitative estimate of drug-likeness (QED) is 0.0913. The van der Waals surface area contributed by atoms with E-state index >= 15 is 0 Å². The van der Waals surface area contributed by atoms with E-state index < -0.39 is 156 Å². The normalized spacial score (nSPS) is 20.8. The van der Waals surface area contributed by atoms with E-state index in [0.29, 0.717) is 5.69 Å². The summed E-state index contributed by atoms with van der Waals surface area (Å²) in [5, 5.41) is 21.4. The molecule has 0 radical (unpaired) electrons. The van der Waals surface area contributed by atoms with Crippen LogP contribution in [-0.2, 0) is 108 Å². The summed E-state index contributed by atoms with van der Waals surface area (Å²) in [6, 6.07) is 0. The van der Waals surface area contributed by atoms with Crippen LogP contribution in [0.1, 0.15) is 148 Å². The Morgan fingerprint density at radius 2 is 0.707 bits per heavy atom. The van der Waals surface area contributed by atoms with Crippen molar-refractivity contribution in [2.24, 2.45) is 0 Å². The first-order chi connectivity index (χ1) is 45.8. The molecular weight excluding hydrogens is 1310 g/mol. The predicted octanol–water partition coefficient (Wildman–Crippen LogP) is 2.75. The third kappa shape index (κ3) is 29.2. The van der Waals surface area contributed by atoms with Crippen molar-refractivity contribution in [1.29, 1.82) is 0 Å². The SMILES string of the molecule is CC(=O)NCCN(CCN(CCN(CCN(CCNC(=O)c1cn(CC2O[C@@H](O[C@H]3OC(Cn4cc(C)nn4)[C@@H](OC(C)=O)[C@H](OC(C)=O)C3OC(C)=O)C(OC(C)=O)C(OC(C)=O)[C@H]2OC(C)=O)nn1)C(=O)OC(C)(C)C)C(=O)OC(C)(C)C)C(=O)OC(C)(C)C)C(=O)OC(C)(C)C. The number of aryl methyl sites for hydroxylation is 1. The zero-order chi connectivity index (χ0) is 74.7. The number of rotatable bonds is 28. The highest BCUT2D eigenvalue weighted by Crippen LogP contribution is 2.36. The van der Waals surface area contributed by atoms with Gasteiger partial charge in [0.1, 0.15) is 34.6 Å². The Kier molecular flexibility index (Phi) is 30.1. The zero-order valence-electron chi connectivity index (χ0n) is 60.1. The minimum absolute atomic E-state index is 0.0276. The number of hydrogen-bond acceptors (Lipinski definition) is 29. The molecule has 37 heteroatoms. The minimum atomic E-state index is -1.94. The highest BCUT2D eigenvalue weighted by molar-refractivity contribution is 5.91. The van der Waals surface area contributed by atoms with E-state index in [4.69, 9.17) is 61.6 Å². The topological polar surface area (TPSA) is 423 Å². The molecular formula is C62H98N12O25. The molecule has 4 heterocycles. The van der Waals surface area contributed by atoms with Gasteiger partial charge in [-0.05, 0) is 90.0 Å². The highest BCUT2D eigenvalue weighted by atomic mass is 16.8. The lowest BCUT2D eigenvalue weighted by molar-refractivity contribution is -0.376. The number of nitrogens with one attached hydrogen (secondary N) is 2. The fourth-order valence-electron chi connectivity index (χ4n) is 9.67. The summed E-state index contributed by atoms with van der Waals surface area (Å²) in [7, 11) is 0. The molecule has 5 unspecified atom stereocenters. The smallest absolute Gasteiger partial charge is 0.410 e. The summed E-state index contributed by atoms with van der Waals surface area (Å²) in [6.45, 7) is 27.0. The molecule has 2 aliphatic heterocycles. The van der Waals surface area contributed by atoms with Crippen molar-refractivity contribution in [3.63, 3.8) is 0 Å². The summed E-state index contributed by atoms with van der Waals surface area (Å²) in [5.41, 5.74) is -3.70. The maximum Gasteiger partial charge on any atom is 0.410 e. The number of ether oxygens (including phenoxy) is 13. The average Bonchev–Trinajstić information content (AvgIpc) is 1.17. The van der Waals surface area contributed by atoms with Crippen LogP contribution in [0, 0.1) is 6.92 Å². The third-order valence-electron chi connectivity index (χ3n) is 13.4. The second-order valence-electron chi connectivity index (χ2n) is 27.2. The van der Waals surface area contributed by atoms with E-state index in [2.05, 4.69) is 31.3 Å². The van der Waals surface area contributed by atoms with Gasteiger partial charge in [0.15, 0.2) is 42.3 Å². The molecule has 2 saturated heterocycles. The Hall–Kier alpha value is -9.00. The van der Waals surface area contributed by atoms with Crippen molar-refractivity contribution >= 4 is 72.0 Å². The maximum absolute atomic E-state index is 14.0. The molecule has 2 N–H and O–H groups in total. The van der Waals surface area contributed by atoms with Crippen LogP contribution in [0.4, 0.5) is 19.2 Å². The largest absolute Gasteiger partial charge is 0.456 e. The van der Waals surface area contributed by atoms with E-state index in [1.165, 1.54) is 43.6 Å². The van der Waals surface area contributed by atoms with E-state index in [1.54, 1.807) is 90.0 Å². The maximum atomic E-state index is 14.0. The molecule has 2 aromatic rings. The van der Waals surface area contributed by atoms with Crippen molar-refractivity contribution in [2.75, 3.05) is 65.4 Å². The number of carbonyl (C=O) groups is 12. The molecule has 0 spiro atoms. The van der Waals surface area contributed by atoms with Crippen molar-refractivity contribution in [3.8, 4) is 0 Å². The monoisotopic (exact) mass is 1410 g/mol. The van der Waals surface area contributed by atoms with Gasteiger partial charge in [0.25, 0.3) is 5.91 Å². The molecule has 10 atom stereocenters. The van der Waals surface area contributed by atoms with E-state index in [0.717, 1.165) is 46.2 Å². The summed E-state index contributed by atoms with van der Waals surface area (Å²) in [4.78, 5) is 163. The number of nitrogens with zero attached hydrogens (tertiary/aromatic N) is 10. The van der Waals surface area contributed by atoms with Crippen molar-refractivity contribution in [2.45, 2.75) is 235 Å². The second-order valence-corrected chi connectivity index (χ2v) is 27.2. The van der Waals surface area contributed by atoms with E-state index in [1.807, 2.05) is 0 Å². The van der Waals surface area contributed by atoms with Crippen LogP contribution >= 0.6 is 0 Å². The van der Waals surface area contributed by atoms with Crippen LogP contribution in [0.15, 0.2) is 12.4 Å². The molecule has 2 aromatic heterocycles. The summed E-state index contributed by atoms with van der Waals surface area (Å²) in [5.74, 6) is -6.77. The number of esters is 6. The molecule has 6 amide bonds. The van der Waals surface area contributed by atoms with Crippen LogP contribution < -0.4 is 10.6 Å². The lowest BCUT2D eigenvalue weighted by atomic mass is 9.96. The van der Waals surface area contributed by atoms with Crippen LogP contribution in [0.25, 0.3) is 0 Å². The highest BCUT2D eigenvalue weighted by Gasteiger charge is 2.58. The first-order valence-corrected chi connectivity index (χ1v) is 32.0. The molecule has 0 saturated carbocycles. The van der Waals surface area contributed by atoms with Crippen LogP contribution in [0.5, 0.6) is 0 Å². The number of carbonyl (C=O) groups excluding carboxylic acids is 12. The molecule has 99 heavy (non-hydrogen) atoms. The fraction of sp³-hybridized carbons (Fsp3) is 0.742. The standard InChI is InChI=1S/C62H98N12O25/c1-35-31-73(67-65-35)33-44-46(87-37(3)76)48(89-39(5)78)50(91-41(7)80)53(93-44)95-54-51(92-42(8)81)49(90-40(6)79)47(88-38(4)77)45(94-54)34-74-32-43(66-68-74)52(82)64-22-24-70(56(84)97-60(12,13)14)26-28-72(58(86)99-62(18,19)20)30-29-71(57(85)98-61(15,16)17)27-25-69(23-21-63-36(2)75)55(83)96-59(9,10)11/h31-32,44-51,53-54H,21-30,33-34H2,1-20H3,(H,63,75)(H,64,82)/t44?,45?,46-,47+,48+,49?,50?,51?,53-,54+/m1/s1. The molecule has 4 rings (SSSR count). The van der Waals surface area contributed by atoms with Crippen LogP contribution in [0.2, 0.25) is 0 Å². The third-order valence-corrected chi connectivity index (χ3v) is 13.4. The molecule has 37 nitrogen and oxygen atoms in total. The van der Waals surface area contributed by atoms with Gasteiger partial charge in [-0.25, -0.2) is 28.5 Å². The molecule has 0 aromatic carbocycles. The van der Waals surface area contributed by atoms with Gasteiger partial charge in [0.2, 0.25) is 18.5 Å². The van der Waals surface area contributed by atoms with Crippen molar-refractivity contribution < 1.29 is 119 Å². The van der Waals surface area contributed by atoms with Gasteiger partial charge >= 0.3 is 60.2 Å². The number of amides is 6. The van der Waals surface area contributed by atoms with Gasteiger partial charge in [-0.1, -0.05) is 10.4 Å². The van der Waals surface area contributed by atoms with Gasteiger partial charge < -0.3 is 91.8 Å². The second kappa shape index (κ2) is 36.2. The Labute approximate surface area is 574 Å². The van der Waals surface area contributed by atoms with Crippen LogP contribution in [0.3, 0.4) is 0 Å². The van der Waals surface area contributed by atoms with Gasteiger partial charge in [0.05, 0.1) is 25.0 Å². The summed E-state index contributed by atoms with van der Waals surface area (Å²) < 4.78 is 78.5. The van der Waals surface area contributed by atoms with Crippen molar-refractivity contribution in [3.05, 3.63) is 23.8 Å². The lowest BCUT2D eigenvalue weighted by Crippen LogP contribution is -2.66. The van der Waals surface area contributed by atoms with E-state index in [9.17, 15) is 57.5 Å². The fourth-order valence-corrected chi connectivity index (χ4v) is 9.67. The Morgan fingerprint density at radius 1 is 0.414 bits per heavy atom. The first-order valence-electron chi connectivity index (χ1n) is 32.0. The van der Waals surface area contributed by atoms with E-state index in [-0.39, 0.29) is 83.6 Å². The minimum Gasteiger partial charge on any atom is -0.456 e. The van der Waals surface area contributed by atoms with Crippen LogP contribution in [-0.4, -0.2) is 271 Å². The van der Waals surface area contributed by atoms with Gasteiger partial charge in [-0.2, -0.15) is 0 Å². The zero-order valence-corrected chi connectivity index (χ0v) is 60.1. The average molecular weight is 1410 g/mol.